The lowest BCUT2D eigenvalue weighted by Crippen LogP contribution is -2.48. The Morgan fingerprint density at radius 3 is 2.29 bits per heavy atom. The number of nitrogens with one attached hydrogen (secondary N) is 1. The van der Waals surface area contributed by atoms with Crippen LogP contribution in [0.25, 0.3) is 0 Å². The second-order valence-corrected chi connectivity index (χ2v) is 6.23. The highest BCUT2D eigenvalue weighted by atomic mass is 35.5. The number of piperazine rings is 1. The van der Waals surface area contributed by atoms with Gasteiger partial charge in [0, 0.05) is 37.8 Å². The van der Waals surface area contributed by atoms with Crippen molar-refractivity contribution in [3.8, 4) is 5.75 Å². The van der Waals surface area contributed by atoms with Gasteiger partial charge in [0.1, 0.15) is 0 Å². The van der Waals surface area contributed by atoms with Crippen molar-refractivity contribution in [2.45, 2.75) is 26.8 Å². The van der Waals surface area contributed by atoms with E-state index in [0.717, 1.165) is 26.2 Å². The molecule has 6 heteroatoms. The molecule has 0 radical (unpaired) electrons. The van der Waals surface area contributed by atoms with E-state index >= 15 is 0 Å². The Morgan fingerprint density at radius 2 is 1.76 bits per heavy atom. The minimum Gasteiger partial charge on any atom is -0.505 e. The van der Waals surface area contributed by atoms with Gasteiger partial charge in [-0.05, 0) is 11.5 Å². The summed E-state index contributed by atoms with van der Waals surface area (Å²) in [6.45, 7) is 10.1. The number of nitrogens with zero attached hydrogens (tertiary/aromatic N) is 1. The molecule has 1 fully saturated rings. The maximum absolute atomic E-state index is 13.6. The summed E-state index contributed by atoms with van der Waals surface area (Å²) >= 11 is 0. The summed E-state index contributed by atoms with van der Waals surface area (Å²) in [6, 6.07) is 4.82. The van der Waals surface area contributed by atoms with Crippen LogP contribution in [0.3, 0.4) is 0 Å². The third-order valence-electron chi connectivity index (χ3n) is 3.65. The van der Waals surface area contributed by atoms with E-state index in [9.17, 15) is 9.50 Å². The van der Waals surface area contributed by atoms with Gasteiger partial charge >= 0.3 is 0 Å². The number of halogens is 3. The first-order valence-electron chi connectivity index (χ1n) is 6.83. The maximum atomic E-state index is 13.6. The van der Waals surface area contributed by atoms with Crippen molar-refractivity contribution in [2.75, 3.05) is 26.2 Å². The van der Waals surface area contributed by atoms with E-state index < -0.39 is 5.82 Å². The fraction of sp³-hybridized carbons (Fsp3) is 0.600. The monoisotopic (exact) mass is 338 g/mol. The molecule has 0 spiro atoms. The zero-order chi connectivity index (χ0) is 14.0. The molecule has 2 rings (SSSR count). The number of hydrogen-bond donors (Lipinski definition) is 2. The summed E-state index contributed by atoms with van der Waals surface area (Å²) in [7, 11) is 0. The molecule has 1 aliphatic rings. The smallest absolute Gasteiger partial charge is 0.165 e. The third kappa shape index (κ3) is 4.71. The predicted octanol–water partition coefficient (Wildman–Crippen LogP) is 3.37. The van der Waals surface area contributed by atoms with Gasteiger partial charge in [-0.15, -0.1) is 24.8 Å². The Morgan fingerprint density at radius 1 is 1.19 bits per heavy atom. The van der Waals surface area contributed by atoms with Crippen LogP contribution in [0, 0.1) is 11.2 Å². The third-order valence-corrected chi connectivity index (χ3v) is 3.65. The number of phenols is 1. The molecule has 0 aromatic heterocycles. The number of hydrogen-bond acceptors (Lipinski definition) is 3. The van der Waals surface area contributed by atoms with Gasteiger partial charge in [-0.1, -0.05) is 32.9 Å². The summed E-state index contributed by atoms with van der Waals surface area (Å²) in [5.74, 6) is -0.747. The van der Waals surface area contributed by atoms with E-state index in [2.05, 4.69) is 31.0 Å². The number of aromatic hydroxyl groups is 1. The molecule has 1 heterocycles. The predicted molar refractivity (Wildman–Crippen MR) is 89.2 cm³/mol. The number of benzene rings is 1. The molecule has 0 aliphatic carbocycles. The van der Waals surface area contributed by atoms with Gasteiger partial charge in [0.15, 0.2) is 11.6 Å². The molecule has 0 bridgehead atoms. The minimum atomic E-state index is -0.540. The summed E-state index contributed by atoms with van der Waals surface area (Å²) in [5, 5.41) is 13.4. The lowest BCUT2D eigenvalue weighted by atomic mass is 9.80. The van der Waals surface area contributed by atoms with Crippen molar-refractivity contribution >= 4 is 24.8 Å². The molecular weight excluding hydrogens is 314 g/mol. The van der Waals surface area contributed by atoms with Gasteiger partial charge in [-0.3, -0.25) is 4.90 Å². The average molecular weight is 339 g/mol. The Bertz CT molecular complexity index is 446. The molecule has 3 nitrogen and oxygen atoms in total. The van der Waals surface area contributed by atoms with Gasteiger partial charge in [-0.2, -0.15) is 0 Å². The lowest BCUT2D eigenvalue weighted by Gasteiger charge is -2.42. The summed E-state index contributed by atoms with van der Waals surface area (Å²) in [5.41, 5.74) is 0.622. The molecule has 1 aromatic carbocycles. The van der Waals surface area contributed by atoms with E-state index in [1.165, 1.54) is 6.07 Å². The van der Waals surface area contributed by atoms with E-state index in [1.807, 2.05) is 6.07 Å². The molecule has 1 atom stereocenters. The van der Waals surface area contributed by atoms with Crippen LogP contribution in [-0.4, -0.2) is 36.2 Å². The van der Waals surface area contributed by atoms with E-state index in [4.69, 9.17) is 0 Å². The average Bonchev–Trinajstić information content (AvgIpc) is 2.35. The Balaban J connectivity index is 0.00000200. The summed E-state index contributed by atoms with van der Waals surface area (Å²) in [6.07, 6.45) is 0. The first kappa shape index (κ1) is 20.5. The molecule has 0 unspecified atom stereocenters. The second kappa shape index (κ2) is 8.18. The van der Waals surface area contributed by atoms with E-state index in [-0.39, 0.29) is 42.0 Å². The quantitative estimate of drug-likeness (QED) is 0.867. The summed E-state index contributed by atoms with van der Waals surface area (Å²) < 4.78 is 13.6. The maximum Gasteiger partial charge on any atom is 0.165 e. The Labute approximate surface area is 138 Å². The van der Waals surface area contributed by atoms with Gasteiger partial charge in [0.25, 0.3) is 0 Å². The number of para-hydroxylation sites is 1. The van der Waals surface area contributed by atoms with Crippen LogP contribution in [0.5, 0.6) is 5.75 Å². The van der Waals surface area contributed by atoms with Gasteiger partial charge in [-0.25, -0.2) is 4.39 Å². The highest BCUT2D eigenvalue weighted by Gasteiger charge is 2.34. The standard InChI is InChI=1S/C15H23FN2O.2ClH/c1-15(2,3)14(18-9-7-17-8-10-18)11-5-4-6-12(16)13(11)19;;/h4-6,14,17,19H,7-10H2,1-3H3;2*1H/t14-;;/m0../s1. The normalized spacial score (nSPS) is 17.5. The SMILES string of the molecule is CC(C)(C)[C@H](c1cccc(F)c1O)N1CCNCC1.Cl.Cl. The molecule has 2 N–H and O–H groups in total. The van der Waals surface area contributed by atoms with Crippen LogP contribution in [0.4, 0.5) is 4.39 Å². The summed E-state index contributed by atoms with van der Waals surface area (Å²) in [4.78, 5) is 2.32. The van der Waals surface area contributed by atoms with E-state index in [0.29, 0.717) is 5.56 Å². The molecule has 122 valence electrons. The number of phenolic OH excluding ortho intramolecular Hbond substituents is 1. The molecule has 0 amide bonds. The molecule has 1 saturated heterocycles. The van der Waals surface area contributed by atoms with Gasteiger partial charge in [0.05, 0.1) is 0 Å². The van der Waals surface area contributed by atoms with Crippen molar-refractivity contribution in [2.24, 2.45) is 5.41 Å². The van der Waals surface area contributed by atoms with Crippen LogP contribution in [-0.2, 0) is 0 Å². The zero-order valence-corrected chi connectivity index (χ0v) is 14.4. The fourth-order valence-electron chi connectivity index (χ4n) is 2.90. The van der Waals surface area contributed by atoms with Crippen LogP contribution < -0.4 is 5.32 Å². The van der Waals surface area contributed by atoms with Crippen molar-refractivity contribution in [1.82, 2.24) is 10.2 Å². The first-order chi connectivity index (χ1) is 8.91. The van der Waals surface area contributed by atoms with Crippen molar-refractivity contribution < 1.29 is 9.50 Å². The van der Waals surface area contributed by atoms with Crippen molar-refractivity contribution in [3.05, 3.63) is 29.6 Å². The molecule has 1 aliphatic heterocycles. The fourth-order valence-corrected chi connectivity index (χ4v) is 2.90. The van der Waals surface area contributed by atoms with E-state index in [1.54, 1.807) is 6.07 Å². The van der Waals surface area contributed by atoms with Gasteiger partial charge in [0.2, 0.25) is 0 Å². The van der Waals surface area contributed by atoms with Crippen LogP contribution in [0.2, 0.25) is 0 Å². The molecule has 1 aromatic rings. The highest BCUT2D eigenvalue weighted by Crippen LogP contribution is 2.42. The molecular formula is C15H25Cl2FN2O. The lowest BCUT2D eigenvalue weighted by molar-refractivity contribution is 0.0838. The van der Waals surface area contributed by atoms with Crippen LogP contribution in [0.1, 0.15) is 32.4 Å². The molecule has 21 heavy (non-hydrogen) atoms. The minimum absolute atomic E-state index is 0. The molecule has 0 saturated carbocycles. The Hall–Kier alpha value is -0.550. The van der Waals surface area contributed by atoms with Crippen LogP contribution >= 0.6 is 24.8 Å². The first-order valence-corrected chi connectivity index (χ1v) is 6.83. The largest absolute Gasteiger partial charge is 0.505 e. The van der Waals surface area contributed by atoms with Crippen molar-refractivity contribution in [1.29, 1.82) is 0 Å². The highest BCUT2D eigenvalue weighted by molar-refractivity contribution is 5.85. The zero-order valence-electron chi connectivity index (χ0n) is 12.7. The van der Waals surface area contributed by atoms with Gasteiger partial charge < -0.3 is 10.4 Å². The Kier molecular flexibility index (Phi) is 7.97. The van der Waals surface area contributed by atoms with Crippen LogP contribution in [0.15, 0.2) is 18.2 Å². The number of rotatable bonds is 2. The van der Waals surface area contributed by atoms with Crippen molar-refractivity contribution in [3.63, 3.8) is 0 Å². The topological polar surface area (TPSA) is 35.5 Å². The second-order valence-electron chi connectivity index (χ2n) is 6.23.